The van der Waals surface area contributed by atoms with Crippen molar-refractivity contribution in [3.05, 3.63) is 236 Å². The number of aromatic nitrogens is 1. The summed E-state index contributed by atoms with van der Waals surface area (Å²) in [6.07, 6.45) is 0. The van der Waals surface area contributed by atoms with E-state index in [2.05, 4.69) is 253 Å². The Balaban J connectivity index is 1.01. The van der Waals surface area contributed by atoms with Crippen LogP contribution in [-0.4, -0.2) is 4.57 Å². The van der Waals surface area contributed by atoms with Crippen molar-refractivity contribution < 1.29 is 0 Å². The number of hydrogen-bond acceptors (Lipinski definition) is 2. The fraction of sp³-hybridized carbons (Fsp3) is 0.0526. The summed E-state index contributed by atoms with van der Waals surface area (Å²) in [6, 6.07) is 81.2. The highest BCUT2D eigenvalue weighted by atomic mass is 15.2. The molecule has 0 unspecified atom stereocenters. The molecule has 9 aromatic carbocycles. The average molecular weight is 770 g/mol. The smallest absolute Gasteiger partial charge is 0.0547 e. The van der Waals surface area contributed by atoms with Gasteiger partial charge in [-0.25, -0.2) is 0 Å². The van der Waals surface area contributed by atoms with Crippen LogP contribution in [0.3, 0.4) is 0 Å². The molecule has 1 aromatic heterocycles. The maximum Gasteiger partial charge on any atom is 0.0547 e. The molecule has 0 spiro atoms. The predicted molar refractivity (Wildman–Crippen MR) is 253 cm³/mol. The molecule has 0 saturated heterocycles. The van der Waals surface area contributed by atoms with Gasteiger partial charge in [-0.3, -0.25) is 0 Å². The number of benzene rings is 9. The monoisotopic (exact) mass is 769 g/mol. The molecular formula is C57H43N3. The number of fused-ring (bicyclic) bond motifs is 7. The maximum atomic E-state index is 2.44. The zero-order valence-corrected chi connectivity index (χ0v) is 33.7. The van der Waals surface area contributed by atoms with Gasteiger partial charge in [0.25, 0.3) is 0 Å². The third-order valence-corrected chi connectivity index (χ3v) is 12.4. The van der Waals surface area contributed by atoms with Crippen molar-refractivity contribution in [2.24, 2.45) is 0 Å². The molecule has 0 aliphatic heterocycles. The Kier molecular flexibility index (Phi) is 8.49. The van der Waals surface area contributed by atoms with Crippen LogP contribution >= 0.6 is 0 Å². The van der Waals surface area contributed by atoms with Gasteiger partial charge in [0.15, 0.2) is 0 Å². The van der Waals surface area contributed by atoms with E-state index in [4.69, 9.17) is 0 Å². The molecule has 0 bridgehead atoms. The van der Waals surface area contributed by atoms with Crippen molar-refractivity contribution in [1.29, 1.82) is 0 Å². The number of para-hydroxylation sites is 4. The van der Waals surface area contributed by atoms with Gasteiger partial charge in [-0.05, 0) is 137 Å². The molecule has 11 rings (SSSR count). The Morgan fingerprint density at radius 3 is 1.35 bits per heavy atom. The van der Waals surface area contributed by atoms with Crippen LogP contribution in [0.5, 0.6) is 0 Å². The first-order chi connectivity index (χ1) is 29.5. The van der Waals surface area contributed by atoms with E-state index in [1.807, 2.05) is 0 Å². The molecule has 286 valence electrons. The summed E-state index contributed by atoms with van der Waals surface area (Å²) < 4.78 is 2.44. The molecule has 1 aliphatic rings. The van der Waals surface area contributed by atoms with Crippen LogP contribution in [-0.2, 0) is 5.41 Å². The first-order valence-electron chi connectivity index (χ1n) is 20.8. The standard InChI is InChI=1S/C57H43N3/c1-57(2)51-26-16-15-25-49(51)55-52(57)36-38-54-56(55)50-39-41(29-37-53(50)60(54)45-23-13-6-14-24-45)40-27-30-46(31-28-40)59(44-21-11-5-12-22-44)48-34-32-47(33-35-48)58(42-17-7-3-8-18-42)43-19-9-4-10-20-43/h3-39H,1-2H3. The highest BCUT2D eigenvalue weighted by Gasteiger charge is 2.37. The van der Waals surface area contributed by atoms with Gasteiger partial charge in [-0.2, -0.15) is 0 Å². The molecule has 1 heterocycles. The largest absolute Gasteiger partial charge is 0.311 e. The minimum atomic E-state index is -0.0805. The van der Waals surface area contributed by atoms with Crippen LogP contribution in [0.4, 0.5) is 34.1 Å². The molecule has 3 nitrogen and oxygen atoms in total. The lowest BCUT2D eigenvalue weighted by Crippen LogP contribution is -2.14. The third-order valence-electron chi connectivity index (χ3n) is 12.4. The lowest BCUT2D eigenvalue weighted by atomic mass is 9.82. The fourth-order valence-corrected chi connectivity index (χ4v) is 9.52. The molecule has 0 radical (unpaired) electrons. The third kappa shape index (κ3) is 5.81. The number of hydrogen-bond donors (Lipinski definition) is 0. The van der Waals surface area contributed by atoms with Crippen molar-refractivity contribution in [3.8, 4) is 27.9 Å². The summed E-state index contributed by atoms with van der Waals surface area (Å²) in [5.74, 6) is 0. The Labute approximate surface area is 351 Å². The molecule has 3 heteroatoms. The summed E-state index contributed by atoms with van der Waals surface area (Å²) in [5, 5.41) is 2.59. The van der Waals surface area contributed by atoms with Crippen LogP contribution < -0.4 is 9.80 Å². The number of rotatable bonds is 8. The minimum absolute atomic E-state index is 0.0805. The van der Waals surface area contributed by atoms with Crippen LogP contribution in [0.1, 0.15) is 25.0 Å². The molecule has 0 saturated carbocycles. The molecule has 0 fully saturated rings. The normalized spacial score (nSPS) is 12.6. The highest BCUT2D eigenvalue weighted by molar-refractivity contribution is 6.18. The van der Waals surface area contributed by atoms with Gasteiger partial charge < -0.3 is 14.4 Å². The summed E-state index contributed by atoms with van der Waals surface area (Å²) in [6.45, 7) is 4.73. The van der Waals surface area contributed by atoms with Crippen molar-refractivity contribution in [2.75, 3.05) is 9.80 Å². The van der Waals surface area contributed by atoms with Crippen molar-refractivity contribution >= 4 is 55.9 Å². The van der Waals surface area contributed by atoms with Gasteiger partial charge in [-0.1, -0.05) is 135 Å². The van der Waals surface area contributed by atoms with Crippen LogP contribution in [0.2, 0.25) is 0 Å². The average Bonchev–Trinajstić information content (AvgIpc) is 3.76. The van der Waals surface area contributed by atoms with E-state index in [1.54, 1.807) is 0 Å². The van der Waals surface area contributed by atoms with Gasteiger partial charge in [0.05, 0.1) is 11.0 Å². The zero-order valence-electron chi connectivity index (χ0n) is 33.7. The molecule has 10 aromatic rings. The SMILES string of the molecule is CC1(C)c2ccccc2-c2c1ccc1c2c2cc(-c3ccc(N(c4ccccc4)c4ccc(N(c5ccccc5)c5ccccc5)cc4)cc3)ccc2n1-c1ccccc1. The van der Waals surface area contributed by atoms with Gasteiger partial charge in [0, 0.05) is 56.0 Å². The van der Waals surface area contributed by atoms with E-state index in [1.165, 1.54) is 60.9 Å². The van der Waals surface area contributed by atoms with E-state index >= 15 is 0 Å². The quantitative estimate of drug-likeness (QED) is 0.152. The summed E-state index contributed by atoms with van der Waals surface area (Å²) >= 11 is 0. The number of anilines is 6. The van der Waals surface area contributed by atoms with E-state index < -0.39 is 0 Å². The van der Waals surface area contributed by atoms with Crippen molar-refractivity contribution in [2.45, 2.75) is 19.3 Å². The fourth-order valence-electron chi connectivity index (χ4n) is 9.52. The summed E-state index contributed by atoms with van der Waals surface area (Å²) in [5.41, 5.74) is 18.0. The minimum Gasteiger partial charge on any atom is -0.311 e. The molecule has 0 amide bonds. The second-order valence-corrected chi connectivity index (χ2v) is 16.2. The molecular weight excluding hydrogens is 727 g/mol. The van der Waals surface area contributed by atoms with Gasteiger partial charge >= 0.3 is 0 Å². The second-order valence-electron chi connectivity index (χ2n) is 16.2. The molecule has 1 aliphatic carbocycles. The number of nitrogens with zero attached hydrogens (tertiary/aromatic N) is 3. The van der Waals surface area contributed by atoms with Crippen molar-refractivity contribution in [3.63, 3.8) is 0 Å². The second kappa shape index (κ2) is 14.3. The Morgan fingerprint density at radius 1 is 0.367 bits per heavy atom. The van der Waals surface area contributed by atoms with Crippen LogP contribution in [0, 0.1) is 0 Å². The molecule has 60 heavy (non-hydrogen) atoms. The van der Waals surface area contributed by atoms with E-state index in [-0.39, 0.29) is 5.41 Å². The molecule has 0 N–H and O–H groups in total. The van der Waals surface area contributed by atoms with E-state index in [0.29, 0.717) is 0 Å². The maximum absolute atomic E-state index is 2.44. The topological polar surface area (TPSA) is 11.4 Å². The van der Waals surface area contributed by atoms with Gasteiger partial charge in [-0.15, -0.1) is 0 Å². The Bertz CT molecular complexity index is 3090. The molecule has 0 atom stereocenters. The zero-order chi connectivity index (χ0) is 40.2. The Morgan fingerprint density at radius 2 is 0.800 bits per heavy atom. The van der Waals surface area contributed by atoms with Gasteiger partial charge in [0.1, 0.15) is 0 Å². The summed E-state index contributed by atoms with van der Waals surface area (Å²) in [4.78, 5) is 4.63. The first-order valence-corrected chi connectivity index (χ1v) is 20.8. The summed E-state index contributed by atoms with van der Waals surface area (Å²) in [7, 11) is 0. The van der Waals surface area contributed by atoms with E-state index in [0.717, 1.165) is 34.1 Å². The predicted octanol–water partition coefficient (Wildman–Crippen LogP) is 15.7. The van der Waals surface area contributed by atoms with Crippen LogP contribution in [0.15, 0.2) is 224 Å². The first kappa shape index (κ1) is 35.5. The highest BCUT2D eigenvalue weighted by Crippen LogP contribution is 2.53. The lowest BCUT2D eigenvalue weighted by Gasteiger charge is -2.28. The van der Waals surface area contributed by atoms with E-state index in [9.17, 15) is 0 Å². The van der Waals surface area contributed by atoms with Crippen molar-refractivity contribution in [1.82, 2.24) is 4.57 Å². The van der Waals surface area contributed by atoms with Gasteiger partial charge in [0.2, 0.25) is 0 Å². The Hall–Kier alpha value is -7.62. The lowest BCUT2D eigenvalue weighted by molar-refractivity contribution is 0.661. The van der Waals surface area contributed by atoms with Crippen LogP contribution in [0.25, 0.3) is 49.7 Å².